The average Bonchev–Trinajstić information content (AvgIpc) is 2.85. The molecule has 1 N–H and O–H groups in total. The van der Waals surface area contributed by atoms with E-state index in [1.165, 1.54) is 11.1 Å². The summed E-state index contributed by atoms with van der Waals surface area (Å²) in [5.74, 6) is 0.446. The fraction of sp³-hybridized carbons (Fsp3) is 0.321. The second-order valence-electron chi connectivity index (χ2n) is 9.06. The molecular weight excluding hydrogens is 451 g/mol. The van der Waals surface area contributed by atoms with Gasteiger partial charge in [-0.3, -0.25) is 9.69 Å². The van der Waals surface area contributed by atoms with Crippen LogP contribution in [-0.4, -0.2) is 29.9 Å². The third-order valence-electron chi connectivity index (χ3n) is 7.02. The zero-order valence-corrected chi connectivity index (χ0v) is 20.4. The maximum absolute atomic E-state index is 12.9. The van der Waals surface area contributed by atoms with Crippen molar-refractivity contribution in [2.45, 2.75) is 43.7 Å². The molecule has 0 unspecified atom stereocenters. The van der Waals surface area contributed by atoms with Crippen molar-refractivity contribution in [2.75, 3.05) is 13.6 Å². The van der Waals surface area contributed by atoms with Gasteiger partial charge in [0.2, 0.25) is 0 Å². The van der Waals surface area contributed by atoms with Gasteiger partial charge in [0.1, 0.15) is 0 Å². The zero-order chi connectivity index (χ0) is 23.3. The number of hydrogen-bond acceptors (Lipinski definition) is 2. The SMILES string of the molecule is CN(Cc1ccccc1)C1(CNC(=O)c2ccc(Cl)c(Cl)c2)CCC(c2ccccc2)CC1. The highest BCUT2D eigenvalue weighted by atomic mass is 35.5. The minimum absolute atomic E-state index is 0.104. The molecule has 172 valence electrons. The molecule has 1 saturated carbocycles. The lowest BCUT2D eigenvalue weighted by atomic mass is 9.73. The van der Waals surface area contributed by atoms with Crippen LogP contribution in [-0.2, 0) is 6.54 Å². The summed E-state index contributed by atoms with van der Waals surface area (Å²) in [6, 6.07) is 26.3. The summed E-state index contributed by atoms with van der Waals surface area (Å²) in [6.45, 7) is 1.44. The van der Waals surface area contributed by atoms with E-state index in [0.29, 0.717) is 28.1 Å². The quantitative estimate of drug-likeness (QED) is 0.396. The van der Waals surface area contributed by atoms with Crippen molar-refractivity contribution in [3.05, 3.63) is 106 Å². The van der Waals surface area contributed by atoms with Crippen molar-refractivity contribution in [3.8, 4) is 0 Å². The molecule has 0 saturated heterocycles. The molecule has 5 heteroatoms. The van der Waals surface area contributed by atoms with Gasteiger partial charge in [-0.2, -0.15) is 0 Å². The first-order valence-corrected chi connectivity index (χ1v) is 12.3. The maximum atomic E-state index is 12.9. The summed E-state index contributed by atoms with van der Waals surface area (Å²) in [6.07, 6.45) is 4.26. The van der Waals surface area contributed by atoms with Gasteiger partial charge in [-0.15, -0.1) is 0 Å². The highest BCUT2D eigenvalue weighted by Gasteiger charge is 2.39. The molecule has 33 heavy (non-hydrogen) atoms. The molecule has 0 radical (unpaired) electrons. The number of rotatable bonds is 7. The molecule has 1 fully saturated rings. The first kappa shape index (κ1) is 23.8. The van der Waals surface area contributed by atoms with Gasteiger partial charge in [0.15, 0.2) is 0 Å². The number of benzene rings is 3. The summed E-state index contributed by atoms with van der Waals surface area (Å²) < 4.78 is 0. The van der Waals surface area contributed by atoms with Crippen LogP contribution in [0.3, 0.4) is 0 Å². The van der Waals surface area contributed by atoms with Crippen molar-refractivity contribution < 1.29 is 4.79 Å². The number of halogens is 2. The molecule has 0 heterocycles. The van der Waals surface area contributed by atoms with E-state index in [9.17, 15) is 4.79 Å². The monoisotopic (exact) mass is 480 g/mol. The van der Waals surface area contributed by atoms with Crippen LogP contribution in [0.2, 0.25) is 10.0 Å². The summed E-state index contributed by atoms with van der Waals surface area (Å²) in [5.41, 5.74) is 3.12. The number of nitrogens with zero attached hydrogens (tertiary/aromatic N) is 1. The Bertz CT molecular complexity index is 1060. The van der Waals surface area contributed by atoms with Crippen LogP contribution in [0.1, 0.15) is 53.1 Å². The second-order valence-corrected chi connectivity index (χ2v) is 9.88. The van der Waals surface area contributed by atoms with Crippen molar-refractivity contribution in [2.24, 2.45) is 0 Å². The minimum Gasteiger partial charge on any atom is -0.350 e. The molecule has 4 rings (SSSR count). The van der Waals surface area contributed by atoms with Crippen LogP contribution in [0.5, 0.6) is 0 Å². The number of nitrogens with one attached hydrogen (secondary N) is 1. The number of hydrogen-bond donors (Lipinski definition) is 1. The Kier molecular flexibility index (Phi) is 7.75. The predicted octanol–water partition coefficient (Wildman–Crippen LogP) is 6.95. The Balaban J connectivity index is 1.50. The number of carbonyl (C=O) groups excluding carboxylic acids is 1. The summed E-state index contributed by atoms with van der Waals surface area (Å²) >= 11 is 12.1. The van der Waals surface area contributed by atoms with E-state index >= 15 is 0 Å². The Morgan fingerprint density at radius 2 is 1.58 bits per heavy atom. The predicted molar refractivity (Wildman–Crippen MR) is 137 cm³/mol. The molecule has 0 aromatic heterocycles. The van der Waals surface area contributed by atoms with Crippen LogP contribution in [0, 0.1) is 0 Å². The fourth-order valence-corrected chi connectivity index (χ4v) is 5.21. The summed E-state index contributed by atoms with van der Waals surface area (Å²) in [5, 5.41) is 4.04. The smallest absolute Gasteiger partial charge is 0.251 e. The Hall–Kier alpha value is -2.33. The van der Waals surface area contributed by atoms with Crippen LogP contribution >= 0.6 is 23.2 Å². The molecule has 3 aromatic carbocycles. The lowest BCUT2D eigenvalue weighted by molar-refractivity contribution is 0.0570. The normalized spacial score (nSPS) is 20.5. The second kappa shape index (κ2) is 10.7. The highest BCUT2D eigenvalue weighted by Crippen LogP contribution is 2.41. The first-order chi connectivity index (χ1) is 16.0. The third kappa shape index (κ3) is 5.78. The third-order valence-corrected chi connectivity index (χ3v) is 7.76. The van der Waals surface area contributed by atoms with Crippen LogP contribution < -0.4 is 5.32 Å². The summed E-state index contributed by atoms with van der Waals surface area (Å²) in [4.78, 5) is 15.4. The minimum atomic E-state index is -0.119. The fourth-order valence-electron chi connectivity index (χ4n) is 4.92. The maximum Gasteiger partial charge on any atom is 0.251 e. The highest BCUT2D eigenvalue weighted by molar-refractivity contribution is 6.42. The van der Waals surface area contributed by atoms with Crippen molar-refractivity contribution in [3.63, 3.8) is 0 Å². The molecule has 1 aliphatic carbocycles. The average molecular weight is 481 g/mol. The van der Waals surface area contributed by atoms with Gasteiger partial charge in [0.25, 0.3) is 5.91 Å². The van der Waals surface area contributed by atoms with Gasteiger partial charge in [0.05, 0.1) is 10.0 Å². The standard InChI is InChI=1S/C28H30Cl2N2O/c1-32(19-21-8-4-2-5-9-21)28(16-14-23(15-17-28)22-10-6-3-7-11-22)20-31-27(33)24-12-13-25(29)26(30)18-24/h2-13,18,23H,14-17,19-20H2,1H3,(H,31,33). The first-order valence-electron chi connectivity index (χ1n) is 11.5. The molecule has 3 aromatic rings. The number of likely N-dealkylation sites (N-methyl/N-ethyl adjacent to an activating group) is 1. The molecule has 0 aliphatic heterocycles. The zero-order valence-electron chi connectivity index (χ0n) is 18.9. The molecule has 0 bridgehead atoms. The van der Waals surface area contributed by atoms with Crippen LogP contribution in [0.15, 0.2) is 78.9 Å². The number of amides is 1. The van der Waals surface area contributed by atoms with E-state index in [-0.39, 0.29) is 11.4 Å². The van der Waals surface area contributed by atoms with Crippen LogP contribution in [0.25, 0.3) is 0 Å². The Morgan fingerprint density at radius 1 is 0.939 bits per heavy atom. The molecule has 0 atom stereocenters. The molecule has 3 nitrogen and oxygen atoms in total. The Labute approximate surface area is 206 Å². The van der Waals surface area contributed by atoms with Crippen molar-refractivity contribution >= 4 is 29.1 Å². The van der Waals surface area contributed by atoms with Gasteiger partial charge >= 0.3 is 0 Å². The van der Waals surface area contributed by atoms with Gasteiger partial charge in [-0.25, -0.2) is 0 Å². The topological polar surface area (TPSA) is 32.3 Å². The van der Waals surface area contributed by atoms with Gasteiger partial charge in [-0.05, 0) is 68.0 Å². The van der Waals surface area contributed by atoms with Gasteiger partial charge in [0, 0.05) is 24.2 Å². The molecule has 1 amide bonds. The van der Waals surface area contributed by atoms with E-state index in [1.54, 1.807) is 18.2 Å². The molecule has 1 aliphatic rings. The van der Waals surface area contributed by atoms with Crippen molar-refractivity contribution in [1.29, 1.82) is 0 Å². The molecular formula is C28H30Cl2N2O. The Morgan fingerprint density at radius 3 is 2.21 bits per heavy atom. The van der Waals surface area contributed by atoms with E-state index in [2.05, 4.69) is 71.9 Å². The summed E-state index contributed by atoms with van der Waals surface area (Å²) in [7, 11) is 2.18. The van der Waals surface area contributed by atoms with Crippen LogP contribution in [0.4, 0.5) is 0 Å². The number of carbonyl (C=O) groups is 1. The van der Waals surface area contributed by atoms with E-state index in [4.69, 9.17) is 23.2 Å². The van der Waals surface area contributed by atoms with E-state index in [1.807, 2.05) is 6.07 Å². The van der Waals surface area contributed by atoms with Gasteiger partial charge in [-0.1, -0.05) is 83.9 Å². The van der Waals surface area contributed by atoms with Gasteiger partial charge < -0.3 is 5.32 Å². The largest absolute Gasteiger partial charge is 0.350 e. The van der Waals surface area contributed by atoms with E-state index < -0.39 is 0 Å². The van der Waals surface area contributed by atoms with E-state index in [0.717, 1.165) is 32.2 Å². The van der Waals surface area contributed by atoms with Crippen molar-refractivity contribution in [1.82, 2.24) is 10.2 Å². The molecule has 0 spiro atoms. The lowest BCUT2D eigenvalue weighted by Gasteiger charge is -2.47. The lowest BCUT2D eigenvalue weighted by Crippen LogP contribution is -2.55.